The molecule has 1 heterocycles. The average molecular weight is 289 g/mol. The highest BCUT2D eigenvalue weighted by molar-refractivity contribution is 5.78. The van der Waals surface area contributed by atoms with Crippen molar-refractivity contribution in [1.29, 1.82) is 0 Å². The van der Waals surface area contributed by atoms with Crippen molar-refractivity contribution in [3.63, 3.8) is 0 Å². The van der Waals surface area contributed by atoms with Gasteiger partial charge in [-0.15, -0.1) is 0 Å². The normalized spacial score (nSPS) is 16.4. The number of rotatable bonds is 6. The Bertz CT molecular complexity index is 413. The second kappa shape index (κ2) is 8.78. The summed E-state index contributed by atoms with van der Waals surface area (Å²) in [5.41, 5.74) is 1.22. The third-order valence-corrected chi connectivity index (χ3v) is 4.31. The maximum atomic E-state index is 12.1. The summed E-state index contributed by atoms with van der Waals surface area (Å²) < 4.78 is 0. The number of amides is 1. The van der Waals surface area contributed by atoms with Crippen molar-refractivity contribution >= 4 is 5.91 Å². The molecule has 2 rings (SSSR count). The lowest BCUT2D eigenvalue weighted by atomic mass is 10.1. The van der Waals surface area contributed by atoms with Gasteiger partial charge in [0.2, 0.25) is 5.91 Å². The first-order valence-corrected chi connectivity index (χ1v) is 8.12. The number of nitrogens with zero attached hydrogens (tertiary/aromatic N) is 2. The van der Waals surface area contributed by atoms with E-state index in [1.165, 1.54) is 44.1 Å². The molecule has 0 bridgehead atoms. The van der Waals surface area contributed by atoms with E-state index >= 15 is 0 Å². The van der Waals surface area contributed by atoms with Crippen LogP contribution in [-0.2, 0) is 11.2 Å². The van der Waals surface area contributed by atoms with Gasteiger partial charge in [-0.25, -0.2) is 0 Å². The number of carbonyl (C=O) groups is 1. The quantitative estimate of drug-likeness (QED) is 0.818. The van der Waals surface area contributed by atoms with Crippen LogP contribution in [0.3, 0.4) is 0 Å². The molecule has 1 amide bonds. The average Bonchev–Trinajstić information content (AvgIpc) is 2.80. The number of pyridine rings is 1. The summed E-state index contributed by atoms with van der Waals surface area (Å²) in [5.74, 6) is 0.188. The zero-order chi connectivity index (χ0) is 14.9. The molecule has 0 aromatic carbocycles. The summed E-state index contributed by atoms with van der Waals surface area (Å²) in [6.45, 7) is 1.23. The molecule has 1 aliphatic rings. The van der Waals surface area contributed by atoms with Gasteiger partial charge in [-0.2, -0.15) is 0 Å². The first kappa shape index (κ1) is 16.0. The first-order chi connectivity index (χ1) is 10.3. The van der Waals surface area contributed by atoms with Crippen LogP contribution in [0, 0.1) is 0 Å². The Morgan fingerprint density at radius 3 is 2.57 bits per heavy atom. The number of likely N-dealkylation sites (N-methyl/N-ethyl adjacent to an activating group) is 1. The monoisotopic (exact) mass is 289 g/mol. The molecule has 0 atom stereocenters. The summed E-state index contributed by atoms with van der Waals surface area (Å²) in [5, 5.41) is 3.44. The Hall–Kier alpha value is -1.42. The van der Waals surface area contributed by atoms with E-state index < -0.39 is 0 Å². The van der Waals surface area contributed by atoms with E-state index in [1.54, 1.807) is 12.4 Å². The molecule has 0 spiro atoms. The van der Waals surface area contributed by atoms with Gasteiger partial charge in [-0.3, -0.25) is 9.78 Å². The molecule has 116 valence electrons. The minimum absolute atomic E-state index is 0.188. The van der Waals surface area contributed by atoms with Gasteiger partial charge in [-0.1, -0.05) is 25.7 Å². The van der Waals surface area contributed by atoms with Crippen LogP contribution in [0.15, 0.2) is 24.5 Å². The SMILES string of the molecule is CN(CCc1ccncc1)C(=O)CNC1CCCCCC1. The Morgan fingerprint density at radius 1 is 1.24 bits per heavy atom. The fourth-order valence-electron chi connectivity index (χ4n) is 2.82. The molecule has 0 radical (unpaired) electrons. The fraction of sp³-hybridized carbons (Fsp3) is 0.647. The molecule has 4 nitrogen and oxygen atoms in total. The van der Waals surface area contributed by atoms with Crippen LogP contribution in [0.4, 0.5) is 0 Å². The smallest absolute Gasteiger partial charge is 0.236 e. The first-order valence-electron chi connectivity index (χ1n) is 8.12. The van der Waals surface area contributed by atoms with E-state index in [1.807, 2.05) is 24.1 Å². The second-order valence-electron chi connectivity index (χ2n) is 5.99. The lowest BCUT2D eigenvalue weighted by molar-refractivity contribution is -0.129. The summed E-state index contributed by atoms with van der Waals surface area (Å²) in [4.78, 5) is 18.0. The van der Waals surface area contributed by atoms with Gasteiger partial charge in [0.15, 0.2) is 0 Å². The molecular weight excluding hydrogens is 262 g/mol. The van der Waals surface area contributed by atoms with Crippen molar-refractivity contribution in [2.75, 3.05) is 20.1 Å². The largest absolute Gasteiger partial charge is 0.344 e. The highest BCUT2D eigenvalue weighted by atomic mass is 16.2. The number of hydrogen-bond donors (Lipinski definition) is 1. The van der Waals surface area contributed by atoms with Crippen LogP contribution >= 0.6 is 0 Å². The molecule has 1 saturated carbocycles. The van der Waals surface area contributed by atoms with Crippen molar-refractivity contribution in [2.45, 2.75) is 51.0 Å². The lowest BCUT2D eigenvalue weighted by Crippen LogP contribution is -2.40. The van der Waals surface area contributed by atoms with E-state index in [9.17, 15) is 4.79 Å². The van der Waals surface area contributed by atoms with Gasteiger partial charge < -0.3 is 10.2 Å². The van der Waals surface area contributed by atoms with E-state index in [0.717, 1.165) is 13.0 Å². The minimum Gasteiger partial charge on any atom is -0.344 e. The maximum Gasteiger partial charge on any atom is 0.236 e. The highest BCUT2D eigenvalue weighted by Gasteiger charge is 2.14. The van der Waals surface area contributed by atoms with Gasteiger partial charge in [0.1, 0.15) is 0 Å². The van der Waals surface area contributed by atoms with Gasteiger partial charge in [0, 0.05) is 32.0 Å². The van der Waals surface area contributed by atoms with Crippen LogP contribution in [-0.4, -0.2) is 42.0 Å². The number of hydrogen-bond acceptors (Lipinski definition) is 3. The standard InChI is InChI=1S/C17H27N3O/c1-20(13-10-15-8-11-18-12-9-15)17(21)14-19-16-6-4-2-3-5-7-16/h8-9,11-12,16,19H,2-7,10,13-14H2,1H3. The molecule has 0 unspecified atom stereocenters. The molecule has 0 saturated heterocycles. The molecular formula is C17H27N3O. The predicted molar refractivity (Wildman–Crippen MR) is 85.1 cm³/mol. The van der Waals surface area contributed by atoms with Crippen LogP contribution < -0.4 is 5.32 Å². The fourth-order valence-corrected chi connectivity index (χ4v) is 2.82. The van der Waals surface area contributed by atoms with Crippen LogP contribution in [0.2, 0.25) is 0 Å². The highest BCUT2D eigenvalue weighted by Crippen LogP contribution is 2.16. The second-order valence-corrected chi connectivity index (χ2v) is 5.99. The van der Waals surface area contributed by atoms with Crippen LogP contribution in [0.5, 0.6) is 0 Å². The molecule has 1 aromatic rings. The van der Waals surface area contributed by atoms with E-state index in [-0.39, 0.29) is 5.91 Å². The van der Waals surface area contributed by atoms with Crippen molar-refractivity contribution in [1.82, 2.24) is 15.2 Å². The zero-order valence-corrected chi connectivity index (χ0v) is 13.1. The predicted octanol–water partition coefficient (Wildman–Crippen LogP) is 2.39. The van der Waals surface area contributed by atoms with E-state index in [4.69, 9.17) is 0 Å². The topological polar surface area (TPSA) is 45.2 Å². The number of carbonyl (C=O) groups excluding carboxylic acids is 1. The van der Waals surface area contributed by atoms with Crippen molar-refractivity contribution < 1.29 is 4.79 Å². The molecule has 1 fully saturated rings. The molecule has 21 heavy (non-hydrogen) atoms. The molecule has 4 heteroatoms. The molecule has 0 aliphatic heterocycles. The third-order valence-electron chi connectivity index (χ3n) is 4.31. The Morgan fingerprint density at radius 2 is 1.90 bits per heavy atom. The van der Waals surface area contributed by atoms with Crippen molar-refractivity contribution in [3.05, 3.63) is 30.1 Å². The Kier molecular flexibility index (Phi) is 6.67. The maximum absolute atomic E-state index is 12.1. The van der Waals surface area contributed by atoms with Crippen LogP contribution in [0.1, 0.15) is 44.1 Å². The van der Waals surface area contributed by atoms with Crippen LogP contribution in [0.25, 0.3) is 0 Å². The minimum atomic E-state index is 0.188. The number of aromatic nitrogens is 1. The Balaban J connectivity index is 1.67. The summed E-state index contributed by atoms with van der Waals surface area (Å²) >= 11 is 0. The molecule has 1 aromatic heterocycles. The molecule has 1 aliphatic carbocycles. The third kappa shape index (κ3) is 5.84. The van der Waals surface area contributed by atoms with Crippen molar-refractivity contribution in [3.8, 4) is 0 Å². The molecule has 1 N–H and O–H groups in total. The van der Waals surface area contributed by atoms with Gasteiger partial charge >= 0.3 is 0 Å². The summed E-state index contributed by atoms with van der Waals surface area (Å²) in [7, 11) is 1.89. The van der Waals surface area contributed by atoms with E-state index in [2.05, 4.69) is 10.3 Å². The Labute approximate surface area is 127 Å². The van der Waals surface area contributed by atoms with Crippen molar-refractivity contribution in [2.24, 2.45) is 0 Å². The summed E-state index contributed by atoms with van der Waals surface area (Å²) in [6, 6.07) is 4.54. The lowest BCUT2D eigenvalue weighted by Gasteiger charge is -2.20. The summed E-state index contributed by atoms with van der Waals surface area (Å²) in [6.07, 6.45) is 12.2. The van der Waals surface area contributed by atoms with Gasteiger partial charge in [-0.05, 0) is 37.0 Å². The zero-order valence-electron chi connectivity index (χ0n) is 13.1. The number of nitrogens with one attached hydrogen (secondary N) is 1. The van der Waals surface area contributed by atoms with E-state index in [0.29, 0.717) is 12.6 Å². The van der Waals surface area contributed by atoms with Gasteiger partial charge in [0.25, 0.3) is 0 Å². The van der Waals surface area contributed by atoms with Gasteiger partial charge in [0.05, 0.1) is 6.54 Å².